The second-order valence-corrected chi connectivity index (χ2v) is 9.18. The van der Waals surface area contributed by atoms with Crippen LogP contribution in [0.5, 0.6) is 0 Å². The summed E-state index contributed by atoms with van der Waals surface area (Å²) in [5, 5.41) is 0.219. The molecule has 1 heterocycles. The van der Waals surface area contributed by atoms with E-state index in [4.69, 9.17) is 16.3 Å². The number of anilines is 1. The summed E-state index contributed by atoms with van der Waals surface area (Å²) < 4.78 is 32.8. The third kappa shape index (κ3) is 5.48. The number of nitrogens with zero attached hydrogens (tertiary/aromatic N) is 2. The first-order valence-electron chi connectivity index (χ1n) is 9.81. The second-order valence-electron chi connectivity index (χ2n) is 7.09. The highest BCUT2D eigenvalue weighted by atomic mass is 35.5. The Balaban J connectivity index is 1.73. The molecule has 1 fully saturated rings. The van der Waals surface area contributed by atoms with Crippen LogP contribution >= 0.6 is 11.6 Å². The van der Waals surface area contributed by atoms with Crippen LogP contribution in [0.25, 0.3) is 0 Å². The largest absolute Gasteiger partial charge is 0.450 e. The summed E-state index contributed by atoms with van der Waals surface area (Å²) >= 11 is 6.23. The van der Waals surface area contributed by atoms with Crippen LogP contribution in [0.4, 0.5) is 10.5 Å². The van der Waals surface area contributed by atoms with Crippen LogP contribution in [-0.2, 0) is 14.8 Å². The molecule has 10 heteroatoms. The number of carbonyl (C=O) groups is 2. The summed E-state index contributed by atoms with van der Waals surface area (Å²) in [6.45, 7) is 5.25. The van der Waals surface area contributed by atoms with Gasteiger partial charge < -0.3 is 14.5 Å². The summed E-state index contributed by atoms with van der Waals surface area (Å²) in [5.41, 5.74) is 1.37. The molecule has 0 radical (unpaired) electrons. The van der Waals surface area contributed by atoms with E-state index < -0.39 is 16.1 Å². The number of nitrogens with one attached hydrogen (secondary N) is 1. The fraction of sp³-hybridized carbons (Fsp3) is 0.333. The molecule has 0 unspecified atom stereocenters. The van der Waals surface area contributed by atoms with E-state index in [1.165, 1.54) is 30.3 Å². The number of benzene rings is 2. The van der Waals surface area contributed by atoms with Crippen LogP contribution in [0.1, 0.15) is 22.8 Å². The molecule has 1 aliphatic heterocycles. The van der Waals surface area contributed by atoms with E-state index in [1.54, 1.807) is 28.9 Å². The maximum Gasteiger partial charge on any atom is 0.409 e. The minimum atomic E-state index is -3.81. The van der Waals surface area contributed by atoms with Gasteiger partial charge in [-0.05, 0) is 44.2 Å². The fourth-order valence-corrected chi connectivity index (χ4v) is 4.41. The van der Waals surface area contributed by atoms with Crippen LogP contribution < -0.4 is 4.72 Å². The van der Waals surface area contributed by atoms with Gasteiger partial charge in [0.05, 0.1) is 22.1 Å². The maximum absolute atomic E-state index is 13.0. The molecule has 0 aliphatic carbocycles. The Hall–Kier alpha value is -2.78. The summed E-state index contributed by atoms with van der Waals surface area (Å²) in [7, 11) is -3.81. The predicted octanol–water partition coefficient (Wildman–Crippen LogP) is 3.36. The van der Waals surface area contributed by atoms with Crippen molar-refractivity contribution >= 4 is 39.3 Å². The molecule has 0 saturated carbocycles. The van der Waals surface area contributed by atoms with Gasteiger partial charge in [-0.25, -0.2) is 13.2 Å². The molecular formula is C21H24ClN3O5S. The standard InChI is InChI=1S/C21H24ClN3O5S/c1-3-30-21(27)25-12-10-24(11-13-25)20(26)18-14-16(6-9-19(18)22)23-31(28,29)17-7-4-15(2)5-8-17/h4-9,14,23H,3,10-13H2,1-2H3. The van der Waals surface area contributed by atoms with E-state index in [9.17, 15) is 18.0 Å². The number of piperazine rings is 1. The van der Waals surface area contributed by atoms with Crippen molar-refractivity contribution in [2.45, 2.75) is 18.7 Å². The highest BCUT2D eigenvalue weighted by Gasteiger charge is 2.27. The van der Waals surface area contributed by atoms with Crippen LogP contribution in [0.3, 0.4) is 0 Å². The van der Waals surface area contributed by atoms with Crippen LogP contribution in [0, 0.1) is 6.92 Å². The van der Waals surface area contributed by atoms with Crippen molar-refractivity contribution in [2.75, 3.05) is 37.5 Å². The maximum atomic E-state index is 13.0. The molecule has 1 saturated heterocycles. The lowest BCUT2D eigenvalue weighted by molar-refractivity contribution is 0.0570. The highest BCUT2D eigenvalue weighted by Crippen LogP contribution is 2.25. The Morgan fingerprint density at radius 2 is 1.65 bits per heavy atom. The van der Waals surface area contributed by atoms with Gasteiger partial charge in [0.1, 0.15) is 0 Å². The van der Waals surface area contributed by atoms with Crippen LogP contribution in [0.2, 0.25) is 5.02 Å². The molecule has 8 nitrogen and oxygen atoms in total. The van der Waals surface area contributed by atoms with E-state index in [2.05, 4.69) is 4.72 Å². The van der Waals surface area contributed by atoms with Crippen molar-refractivity contribution in [1.82, 2.24) is 9.80 Å². The quantitative estimate of drug-likeness (QED) is 0.730. The first kappa shape index (κ1) is 22.9. The van der Waals surface area contributed by atoms with Gasteiger partial charge >= 0.3 is 6.09 Å². The Bertz CT molecular complexity index is 1060. The molecule has 0 aromatic heterocycles. The number of aryl methyl sites for hydroxylation is 1. The van der Waals surface area contributed by atoms with Crippen LogP contribution in [-0.4, -0.2) is 63.0 Å². The van der Waals surface area contributed by atoms with E-state index in [0.717, 1.165) is 5.56 Å². The Kier molecular flexibility index (Phi) is 7.07. The zero-order valence-electron chi connectivity index (χ0n) is 17.3. The van der Waals surface area contributed by atoms with Crippen molar-refractivity contribution in [2.24, 2.45) is 0 Å². The first-order chi connectivity index (χ1) is 14.7. The average molecular weight is 466 g/mol. The summed E-state index contributed by atoms with van der Waals surface area (Å²) in [6, 6.07) is 10.9. The van der Waals surface area contributed by atoms with Crippen molar-refractivity contribution in [3.8, 4) is 0 Å². The topological polar surface area (TPSA) is 96.0 Å². The Morgan fingerprint density at radius 3 is 2.26 bits per heavy atom. The van der Waals surface area contributed by atoms with Gasteiger partial charge in [-0.2, -0.15) is 0 Å². The summed E-state index contributed by atoms with van der Waals surface area (Å²) in [5.74, 6) is -0.329. The minimum absolute atomic E-state index is 0.121. The molecule has 166 valence electrons. The van der Waals surface area contributed by atoms with E-state index in [1.807, 2.05) is 6.92 Å². The van der Waals surface area contributed by atoms with Gasteiger partial charge in [-0.15, -0.1) is 0 Å². The third-order valence-corrected chi connectivity index (χ3v) is 6.60. The predicted molar refractivity (Wildman–Crippen MR) is 118 cm³/mol. The van der Waals surface area contributed by atoms with Gasteiger partial charge in [-0.3, -0.25) is 9.52 Å². The van der Waals surface area contributed by atoms with Gasteiger partial charge in [0.25, 0.3) is 15.9 Å². The third-order valence-electron chi connectivity index (χ3n) is 4.87. The van der Waals surface area contributed by atoms with Gasteiger partial charge in [0.15, 0.2) is 0 Å². The normalized spacial score (nSPS) is 14.3. The zero-order valence-corrected chi connectivity index (χ0v) is 18.9. The number of hydrogen-bond acceptors (Lipinski definition) is 5. The number of ether oxygens (including phenoxy) is 1. The van der Waals surface area contributed by atoms with Crippen molar-refractivity contribution in [3.05, 3.63) is 58.6 Å². The number of sulfonamides is 1. The van der Waals surface area contributed by atoms with Gasteiger partial charge in [-0.1, -0.05) is 29.3 Å². The molecule has 0 bridgehead atoms. The minimum Gasteiger partial charge on any atom is -0.450 e. The van der Waals surface area contributed by atoms with E-state index in [-0.39, 0.29) is 27.1 Å². The lowest BCUT2D eigenvalue weighted by Gasteiger charge is -2.34. The van der Waals surface area contributed by atoms with Gasteiger partial charge in [0, 0.05) is 31.9 Å². The summed E-state index contributed by atoms with van der Waals surface area (Å²) in [4.78, 5) is 28.0. The number of rotatable bonds is 5. The molecule has 0 atom stereocenters. The Labute approximate surface area is 186 Å². The second kappa shape index (κ2) is 9.57. The number of halogens is 1. The average Bonchev–Trinajstić information content (AvgIpc) is 2.75. The first-order valence-corrected chi connectivity index (χ1v) is 11.7. The number of carbonyl (C=O) groups excluding carboxylic acids is 2. The molecule has 0 spiro atoms. The molecule has 31 heavy (non-hydrogen) atoms. The fourth-order valence-electron chi connectivity index (χ4n) is 3.16. The molecule has 1 N–H and O–H groups in total. The molecule has 2 aromatic carbocycles. The molecule has 1 aliphatic rings. The molecule has 3 rings (SSSR count). The van der Waals surface area contributed by atoms with E-state index in [0.29, 0.717) is 32.8 Å². The van der Waals surface area contributed by atoms with E-state index >= 15 is 0 Å². The zero-order chi connectivity index (χ0) is 22.6. The lowest BCUT2D eigenvalue weighted by atomic mass is 10.1. The monoisotopic (exact) mass is 465 g/mol. The highest BCUT2D eigenvalue weighted by molar-refractivity contribution is 7.92. The number of amides is 2. The smallest absolute Gasteiger partial charge is 0.409 e. The molecule has 2 amide bonds. The van der Waals surface area contributed by atoms with Crippen molar-refractivity contribution in [1.29, 1.82) is 0 Å². The van der Waals surface area contributed by atoms with Gasteiger partial charge in [0.2, 0.25) is 0 Å². The Morgan fingerprint density at radius 1 is 1.03 bits per heavy atom. The number of hydrogen-bond donors (Lipinski definition) is 1. The SMILES string of the molecule is CCOC(=O)N1CCN(C(=O)c2cc(NS(=O)(=O)c3ccc(C)cc3)ccc2Cl)CC1. The van der Waals surface area contributed by atoms with Crippen LogP contribution in [0.15, 0.2) is 47.4 Å². The summed E-state index contributed by atoms with van der Waals surface area (Å²) in [6.07, 6.45) is -0.403. The molecular weight excluding hydrogens is 442 g/mol. The molecule has 2 aromatic rings. The van der Waals surface area contributed by atoms with Crippen molar-refractivity contribution < 1.29 is 22.7 Å². The van der Waals surface area contributed by atoms with Crippen molar-refractivity contribution in [3.63, 3.8) is 0 Å². The lowest BCUT2D eigenvalue weighted by Crippen LogP contribution is -2.50.